The van der Waals surface area contributed by atoms with Crippen LogP contribution >= 0.6 is 11.8 Å². The van der Waals surface area contributed by atoms with Gasteiger partial charge in [0.2, 0.25) is 10.0 Å². The first-order chi connectivity index (χ1) is 13.6. The molecule has 0 bridgehead atoms. The van der Waals surface area contributed by atoms with Gasteiger partial charge >= 0.3 is 12.1 Å². The summed E-state index contributed by atoms with van der Waals surface area (Å²) in [6, 6.07) is 6.22. The normalized spacial score (nSPS) is 12.0. The van der Waals surface area contributed by atoms with Crippen molar-refractivity contribution < 1.29 is 31.1 Å². The van der Waals surface area contributed by atoms with Crippen molar-refractivity contribution in [1.82, 2.24) is 9.71 Å². The minimum atomic E-state index is -4.54. The molecule has 2 aromatic rings. The number of halogens is 3. The predicted octanol–water partition coefficient (Wildman–Crippen LogP) is 3.52. The van der Waals surface area contributed by atoms with Gasteiger partial charge in [-0.15, -0.1) is 11.8 Å². The molecule has 0 atom stereocenters. The number of hydrogen-bond donors (Lipinski definition) is 1. The average molecular weight is 448 g/mol. The molecule has 0 spiro atoms. The van der Waals surface area contributed by atoms with Crippen LogP contribution in [-0.4, -0.2) is 38.8 Å². The molecule has 0 aliphatic heterocycles. The van der Waals surface area contributed by atoms with Crippen molar-refractivity contribution in [1.29, 1.82) is 0 Å². The number of aryl methyl sites for hydroxylation is 1. The second-order valence-corrected chi connectivity index (χ2v) is 8.61. The van der Waals surface area contributed by atoms with Crippen molar-refractivity contribution in [3.05, 3.63) is 53.2 Å². The number of alkyl halides is 3. The van der Waals surface area contributed by atoms with Crippen molar-refractivity contribution in [2.45, 2.75) is 29.4 Å². The molecule has 6 nitrogen and oxygen atoms in total. The number of sulfonamides is 1. The van der Waals surface area contributed by atoms with Crippen LogP contribution in [0.4, 0.5) is 13.2 Å². The zero-order chi connectivity index (χ0) is 21.7. The van der Waals surface area contributed by atoms with E-state index >= 15 is 0 Å². The first-order valence-corrected chi connectivity index (χ1v) is 10.9. The summed E-state index contributed by atoms with van der Waals surface area (Å²) in [6.07, 6.45) is -2.78. The van der Waals surface area contributed by atoms with Gasteiger partial charge in [-0.1, -0.05) is 13.0 Å². The maximum absolute atomic E-state index is 13.0. The zero-order valence-electron chi connectivity index (χ0n) is 15.6. The van der Waals surface area contributed by atoms with E-state index in [0.29, 0.717) is 12.0 Å². The van der Waals surface area contributed by atoms with Gasteiger partial charge in [-0.25, -0.2) is 22.9 Å². The molecular weight excluding hydrogens is 429 g/mol. The molecule has 0 amide bonds. The summed E-state index contributed by atoms with van der Waals surface area (Å²) < 4.78 is 70.8. The van der Waals surface area contributed by atoms with E-state index in [1.54, 1.807) is 0 Å². The van der Waals surface area contributed by atoms with Gasteiger partial charge in [0, 0.05) is 18.5 Å². The number of pyridine rings is 1. The molecule has 158 valence electrons. The molecule has 0 aliphatic rings. The van der Waals surface area contributed by atoms with Crippen molar-refractivity contribution >= 4 is 27.8 Å². The third-order valence-electron chi connectivity index (χ3n) is 3.89. The van der Waals surface area contributed by atoms with Gasteiger partial charge < -0.3 is 4.74 Å². The van der Waals surface area contributed by atoms with Crippen LogP contribution in [0.1, 0.15) is 28.4 Å². The Balaban J connectivity index is 2.07. The minimum absolute atomic E-state index is 0.0379. The standard InChI is InChI=1S/C18H19F3N2O4S2/c1-3-12-6-7-13(11-14(12)17(24)27-2)29(25,26)23-9-10-28-16-15(18(19,20)21)5-4-8-22-16/h4-8,11,23H,3,9-10H2,1-2H3. The van der Waals surface area contributed by atoms with E-state index in [9.17, 15) is 26.4 Å². The quantitative estimate of drug-likeness (QED) is 0.378. The van der Waals surface area contributed by atoms with Crippen LogP contribution in [0.5, 0.6) is 0 Å². The highest BCUT2D eigenvalue weighted by atomic mass is 32.2. The van der Waals surface area contributed by atoms with Gasteiger partial charge in [0.25, 0.3) is 0 Å². The van der Waals surface area contributed by atoms with Crippen molar-refractivity contribution in [3.63, 3.8) is 0 Å². The number of nitrogens with one attached hydrogen (secondary N) is 1. The third-order valence-corrected chi connectivity index (χ3v) is 6.35. The van der Waals surface area contributed by atoms with Gasteiger partial charge in [0.15, 0.2) is 0 Å². The molecule has 1 aromatic heterocycles. The highest BCUT2D eigenvalue weighted by Crippen LogP contribution is 2.35. The molecule has 0 saturated carbocycles. The molecule has 0 radical (unpaired) electrons. The molecule has 11 heteroatoms. The number of carbonyl (C=O) groups is 1. The Hall–Kier alpha value is -2.11. The molecule has 1 aromatic carbocycles. The van der Waals surface area contributed by atoms with E-state index in [-0.39, 0.29) is 27.8 Å². The highest BCUT2D eigenvalue weighted by Gasteiger charge is 2.34. The second kappa shape index (κ2) is 9.59. The average Bonchev–Trinajstić information content (AvgIpc) is 2.69. The van der Waals surface area contributed by atoms with E-state index in [1.165, 1.54) is 37.6 Å². The summed E-state index contributed by atoms with van der Waals surface area (Å²) in [5, 5.41) is -0.223. The van der Waals surface area contributed by atoms with E-state index in [4.69, 9.17) is 0 Å². The van der Waals surface area contributed by atoms with Crippen LogP contribution in [-0.2, 0) is 27.4 Å². The van der Waals surface area contributed by atoms with Crippen LogP contribution in [0.3, 0.4) is 0 Å². The monoisotopic (exact) mass is 448 g/mol. The van der Waals surface area contributed by atoms with E-state index < -0.39 is 27.7 Å². The molecule has 0 fully saturated rings. The molecule has 2 rings (SSSR count). The predicted molar refractivity (Wildman–Crippen MR) is 102 cm³/mol. The van der Waals surface area contributed by atoms with E-state index in [1.807, 2.05) is 6.92 Å². The molecule has 0 aliphatic carbocycles. The fourth-order valence-corrected chi connectivity index (χ4v) is 4.52. The van der Waals surface area contributed by atoms with Gasteiger partial charge in [0.1, 0.15) is 5.03 Å². The highest BCUT2D eigenvalue weighted by molar-refractivity contribution is 7.99. The number of esters is 1. The van der Waals surface area contributed by atoms with Crippen molar-refractivity contribution in [2.24, 2.45) is 0 Å². The largest absolute Gasteiger partial charge is 0.465 e. The zero-order valence-corrected chi connectivity index (χ0v) is 17.2. The SMILES string of the molecule is CCc1ccc(S(=O)(=O)NCCSc2ncccc2C(F)(F)F)cc1C(=O)OC. The summed E-state index contributed by atoms with van der Waals surface area (Å²) in [5.41, 5.74) is -0.0810. The lowest BCUT2D eigenvalue weighted by atomic mass is 10.1. The fraction of sp³-hybridized carbons (Fsp3) is 0.333. The first kappa shape index (κ1) is 23.2. The Labute approximate surface area is 170 Å². The van der Waals surface area contributed by atoms with Gasteiger partial charge in [0.05, 0.1) is 23.1 Å². The van der Waals surface area contributed by atoms with Crippen molar-refractivity contribution in [2.75, 3.05) is 19.4 Å². The number of rotatable bonds is 8. The molecular formula is C18H19F3N2O4S2. The number of benzene rings is 1. The maximum Gasteiger partial charge on any atom is 0.419 e. The van der Waals surface area contributed by atoms with E-state index in [2.05, 4.69) is 14.4 Å². The maximum atomic E-state index is 13.0. The topological polar surface area (TPSA) is 85.4 Å². The summed E-state index contributed by atoms with van der Waals surface area (Å²) in [4.78, 5) is 15.4. The van der Waals surface area contributed by atoms with Gasteiger partial charge in [-0.05, 0) is 36.2 Å². The number of carbonyl (C=O) groups excluding carboxylic acids is 1. The number of methoxy groups -OCH3 is 1. The molecule has 0 unspecified atom stereocenters. The lowest BCUT2D eigenvalue weighted by Crippen LogP contribution is -2.26. The number of aromatic nitrogens is 1. The Bertz CT molecular complexity index is 979. The lowest BCUT2D eigenvalue weighted by Gasteiger charge is -2.12. The molecule has 0 saturated heterocycles. The number of thioether (sulfide) groups is 1. The van der Waals surface area contributed by atoms with Crippen LogP contribution in [0.2, 0.25) is 0 Å². The second-order valence-electron chi connectivity index (χ2n) is 5.76. The van der Waals surface area contributed by atoms with Crippen LogP contribution in [0.25, 0.3) is 0 Å². The Morgan fingerprint density at radius 1 is 1.28 bits per heavy atom. The minimum Gasteiger partial charge on any atom is -0.465 e. The summed E-state index contributed by atoms with van der Waals surface area (Å²) in [5.74, 6) is -0.611. The Morgan fingerprint density at radius 3 is 2.62 bits per heavy atom. The smallest absolute Gasteiger partial charge is 0.419 e. The number of nitrogens with zero attached hydrogens (tertiary/aromatic N) is 1. The Morgan fingerprint density at radius 2 is 2.00 bits per heavy atom. The van der Waals surface area contributed by atoms with Gasteiger partial charge in [-0.2, -0.15) is 13.2 Å². The van der Waals surface area contributed by atoms with E-state index in [0.717, 1.165) is 17.8 Å². The third kappa shape index (κ3) is 5.94. The fourth-order valence-electron chi connectivity index (χ4n) is 2.46. The number of ether oxygens (including phenoxy) is 1. The molecule has 1 heterocycles. The Kier molecular flexibility index (Phi) is 7.66. The lowest BCUT2D eigenvalue weighted by molar-refractivity contribution is -0.140. The molecule has 29 heavy (non-hydrogen) atoms. The van der Waals surface area contributed by atoms with Gasteiger partial charge in [-0.3, -0.25) is 0 Å². The summed E-state index contributed by atoms with van der Waals surface area (Å²) in [7, 11) is -2.76. The van der Waals surface area contributed by atoms with Crippen LogP contribution < -0.4 is 4.72 Å². The number of hydrogen-bond acceptors (Lipinski definition) is 6. The summed E-state index contributed by atoms with van der Waals surface area (Å²) in [6.45, 7) is 1.70. The van der Waals surface area contributed by atoms with Crippen LogP contribution in [0, 0.1) is 0 Å². The molecule has 1 N–H and O–H groups in total. The summed E-state index contributed by atoms with van der Waals surface area (Å²) >= 11 is 0.795. The van der Waals surface area contributed by atoms with Crippen LogP contribution in [0.15, 0.2) is 46.5 Å². The van der Waals surface area contributed by atoms with Crippen molar-refractivity contribution in [3.8, 4) is 0 Å². The first-order valence-electron chi connectivity index (χ1n) is 8.46.